The molecule has 0 saturated carbocycles. The molecule has 0 bridgehead atoms. The van der Waals surface area contributed by atoms with Crippen molar-refractivity contribution in [2.75, 3.05) is 31.1 Å². The zero-order chi connectivity index (χ0) is 21.7. The highest BCUT2D eigenvalue weighted by Gasteiger charge is 2.19. The van der Waals surface area contributed by atoms with E-state index in [1.54, 1.807) is 23.1 Å². The Kier molecular flexibility index (Phi) is 7.24. The van der Waals surface area contributed by atoms with Crippen molar-refractivity contribution in [1.29, 1.82) is 0 Å². The molecule has 1 amide bonds. The highest BCUT2D eigenvalue weighted by atomic mass is 32.1. The van der Waals surface area contributed by atoms with E-state index in [0.29, 0.717) is 33.3 Å². The van der Waals surface area contributed by atoms with Crippen molar-refractivity contribution >= 4 is 55.0 Å². The van der Waals surface area contributed by atoms with E-state index >= 15 is 0 Å². The summed E-state index contributed by atoms with van der Waals surface area (Å²) in [6.45, 7) is 6.93. The van der Waals surface area contributed by atoms with E-state index in [1.165, 1.54) is 35.6 Å². The molecule has 0 saturated heterocycles. The Morgan fingerprint density at radius 2 is 1.97 bits per heavy atom. The van der Waals surface area contributed by atoms with Crippen LogP contribution in [0, 0.1) is 15.9 Å². The molecular weight excluding hydrogens is 427 g/mol. The largest absolute Gasteiger partial charge is 0.324 e. The lowest BCUT2D eigenvalue weighted by Crippen LogP contribution is -2.38. The number of fused-ring (bicyclic) bond motifs is 1. The number of hydrogen-bond donors (Lipinski definition) is 0. The van der Waals surface area contributed by atoms with Crippen molar-refractivity contribution in [1.82, 2.24) is 9.88 Å². The van der Waals surface area contributed by atoms with Crippen LogP contribution in [0.15, 0.2) is 36.4 Å². The van der Waals surface area contributed by atoms with Crippen molar-refractivity contribution in [3.63, 3.8) is 0 Å². The Morgan fingerprint density at radius 1 is 1.20 bits per heavy atom. The number of aromatic nitrogens is 1. The summed E-state index contributed by atoms with van der Waals surface area (Å²) in [6, 6.07) is 7.36. The van der Waals surface area contributed by atoms with Gasteiger partial charge in [0.2, 0.25) is 0 Å². The van der Waals surface area contributed by atoms with Crippen molar-refractivity contribution in [2.24, 2.45) is 0 Å². The first-order valence-electron chi connectivity index (χ1n) is 9.43. The van der Waals surface area contributed by atoms with Crippen LogP contribution in [-0.4, -0.2) is 46.9 Å². The summed E-state index contributed by atoms with van der Waals surface area (Å²) in [7, 11) is 0. The van der Waals surface area contributed by atoms with Crippen LogP contribution in [-0.2, 0) is 4.79 Å². The average Bonchev–Trinajstić information content (AvgIpc) is 3.36. The number of carbonyl (C=O) groups is 1. The summed E-state index contributed by atoms with van der Waals surface area (Å²) >= 11 is 2.26. The van der Waals surface area contributed by atoms with Crippen LogP contribution in [0.3, 0.4) is 0 Å². The fraction of sp³-hybridized carbons (Fsp3) is 0.300. The topological polar surface area (TPSA) is 79.6 Å². The molecule has 0 N–H and O–H groups in total. The molecule has 0 aliphatic heterocycles. The number of thiophene rings is 1. The number of nitro groups is 1. The standard InChI is InChI=1S/C20H21FN4O3S2/c1-3-23(4-2)11-12-24(20-22-16-8-5-14(21)13-17(16)30-20)18(26)9-6-15-7-10-19(29-15)25(27)28/h5-10,13H,3-4,11-12H2,1-2H3/b9-6+. The molecule has 0 spiro atoms. The van der Waals surface area contributed by atoms with Gasteiger partial charge in [0, 0.05) is 30.1 Å². The third-order valence-corrected chi connectivity index (χ3v) is 6.60. The molecule has 0 unspecified atom stereocenters. The Hall–Kier alpha value is -2.69. The molecule has 3 rings (SSSR count). The van der Waals surface area contributed by atoms with E-state index in [4.69, 9.17) is 0 Å². The summed E-state index contributed by atoms with van der Waals surface area (Å²) in [6.07, 6.45) is 2.96. The molecule has 1 aromatic carbocycles. The molecule has 0 atom stereocenters. The molecule has 7 nitrogen and oxygen atoms in total. The SMILES string of the molecule is CCN(CC)CCN(C(=O)/C=C/c1ccc([N+](=O)[O-])s1)c1nc2ccc(F)cc2s1. The van der Waals surface area contributed by atoms with E-state index in [2.05, 4.69) is 23.7 Å². The van der Waals surface area contributed by atoms with Gasteiger partial charge in [-0.1, -0.05) is 36.5 Å². The third-order valence-electron chi connectivity index (χ3n) is 4.55. The molecule has 158 valence electrons. The number of anilines is 1. The Labute approximate surface area is 181 Å². The van der Waals surface area contributed by atoms with E-state index in [1.807, 2.05) is 0 Å². The lowest BCUT2D eigenvalue weighted by atomic mass is 10.3. The van der Waals surface area contributed by atoms with Crippen LogP contribution in [0.25, 0.3) is 16.3 Å². The number of thiazole rings is 1. The summed E-state index contributed by atoms with van der Waals surface area (Å²) in [5.41, 5.74) is 0.634. The zero-order valence-electron chi connectivity index (χ0n) is 16.6. The van der Waals surface area contributed by atoms with Gasteiger partial charge in [-0.05, 0) is 43.4 Å². The molecule has 2 heterocycles. The number of hydrogen-bond acceptors (Lipinski definition) is 7. The number of halogens is 1. The Bertz CT molecular complexity index is 1080. The van der Waals surface area contributed by atoms with Gasteiger partial charge in [0.15, 0.2) is 5.13 Å². The van der Waals surface area contributed by atoms with Crippen LogP contribution in [0.4, 0.5) is 14.5 Å². The van der Waals surface area contributed by atoms with Gasteiger partial charge in [0.25, 0.3) is 5.91 Å². The van der Waals surface area contributed by atoms with Crippen molar-refractivity contribution in [3.05, 3.63) is 57.2 Å². The normalized spacial score (nSPS) is 11.6. The lowest BCUT2D eigenvalue weighted by molar-refractivity contribution is -0.380. The maximum atomic E-state index is 13.6. The maximum absolute atomic E-state index is 13.6. The predicted molar refractivity (Wildman–Crippen MR) is 120 cm³/mol. The van der Waals surface area contributed by atoms with Crippen LogP contribution in [0.2, 0.25) is 0 Å². The van der Waals surface area contributed by atoms with Crippen LogP contribution in [0.1, 0.15) is 18.7 Å². The number of amides is 1. The predicted octanol–water partition coefficient (Wildman–Crippen LogP) is 4.79. The molecule has 2 aromatic heterocycles. The lowest BCUT2D eigenvalue weighted by Gasteiger charge is -2.23. The van der Waals surface area contributed by atoms with Crippen molar-refractivity contribution < 1.29 is 14.1 Å². The highest BCUT2D eigenvalue weighted by molar-refractivity contribution is 7.22. The number of rotatable bonds is 9. The molecular formula is C20H21FN4O3S2. The molecule has 3 aromatic rings. The van der Waals surface area contributed by atoms with Crippen molar-refractivity contribution in [3.8, 4) is 0 Å². The highest BCUT2D eigenvalue weighted by Crippen LogP contribution is 2.30. The van der Waals surface area contributed by atoms with E-state index in [0.717, 1.165) is 24.4 Å². The molecule has 10 heteroatoms. The number of benzene rings is 1. The van der Waals surface area contributed by atoms with Crippen LogP contribution >= 0.6 is 22.7 Å². The van der Waals surface area contributed by atoms with Crippen LogP contribution < -0.4 is 4.90 Å². The Morgan fingerprint density at radius 3 is 2.63 bits per heavy atom. The smallest absolute Gasteiger partial charge is 0.302 e. The molecule has 0 radical (unpaired) electrons. The first kappa shape index (κ1) is 22.0. The molecule has 0 aliphatic rings. The first-order chi connectivity index (χ1) is 14.4. The molecule has 0 aliphatic carbocycles. The summed E-state index contributed by atoms with van der Waals surface area (Å²) in [5.74, 6) is -0.629. The van der Waals surface area contributed by atoms with Crippen LogP contribution in [0.5, 0.6) is 0 Å². The third kappa shape index (κ3) is 5.26. The minimum Gasteiger partial charge on any atom is -0.302 e. The van der Waals surface area contributed by atoms with Gasteiger partial charge in [0.05, 0.1) is 15.1 Å². The quantitative estimate of drug-likeness (QED) is 0.267. The second-order valence-corrected chi connectivity index (χ2v) is 8.49. The maximum Gasteiger partial charge on any atom is 0.324 e. The first-order valence-corrected chi connectivity index (χ1v) is 11.1. The summed E-state index contributed by atoms with van der Waals surface area (Å²) in [4.78, 5) is 32.2. The average molecular weight is 449 g/mol. The van der Waals surface area contributed by atoms with E-state index < -0.39 is 4.92 Å². The van der Waals surface area contributed by atoms with Gasteiger partial charge in [-0.25, -0.2) is 9.37 Å². The summed E-state index contributed by atoms with van der Waals surface area (Å²) < 4.78 is 14.2. The van der Waals surface area contributed by atoms with Gasteiger partial charge in [0.1, 0.15) is 5.82 Å². The van der Waals surface area contributed by atoms with Gasteiger partial charge < -0.3 is 4.90 Å². The second-order valence-electron chi connectivity index (χ2n) is 6.39. The number of carbonyl (C=O) groups excluding carboxylic acids is 1. The monoisotopic (exact) mass is 448 g/mol. The Balaban J connectivity index is 1.85. The molecule has 0 fully saturated rings. The van der Waals surface area contributed by atoms with Gasteiger partial charge in [-0.3, -0.25) is 19.8 Å². The fourth-order valence-corrected chi connectivity index (χ4v) is 4.60. The molecule has 30 heavy (non-hydrogen) atoms. The number of likely N-dealkylation sites (N-methyl/N-ethyl adjacent to an activating group) is 1. The number of nitrogens with zero attached hydrogens (tertiary/aromatic N) is 4. The fourth-order valence-electron chi connectivity index (χ4n) is 2.86. The van der Waals surface area contributed by atoms with E-state index in [9.17, 15) is 19.3 Å². The van der Waals surface area contributed by atoms with Crippen molar-refractivity contribution in [2.45, 2.75) is 13.8 Å². The minimum absolute atomic E-state index is 0.0219. The summed E-state index contributed by atoms with van der Waals surface area (Å²) in [5, 5.41) is 11.4. The zero-order valence-corrected chi connectivity index (χ0v) is 18.2. The van der Waals surface area contributed by atoms with Gasteiger partial charge >= 0.3 is 5.00 Å². The van der Waals surface area contributed by atoms with Gasteiger partial charge in [-0.15, -0.1) is 0 Å². The van der Waals surface area contributed by atoms with E-state index in [-0.39, 0.29) is 16.7 Å². The van der Waals surface area contributed by atoms with Gasteiger partial charge in [-0.2, -0.15) is 0 Å². The second kappa shape index (κ2) is 9.88. The minimum atomic E-state index is -0.458.